The zero-order valence-electron chi connectivity index (χ0n) is 17.2. The van der Waals surface area contributed by atoms with Crippen molar-refractivity contribution >= 4 is 23.0 Å². The van der Waals surface area contributed by atoms with Gasteiger partial charge in [0.15, 0.2) is 24.6 Å². The van der Waals surface area contributed by atoms with Crippen LogP contribution in [0.3, 0.4) is 0 Å². The lowest BCUT2D eigenvalue weighted by Crippen LogP contribution is -2.26. The molecule has 1 heterocycles. The van der Waals surface area contributed by atoms with Gasteiger partial charge in [-0.15, -0.1) is 0 Å². The number of carbonyl (C=O) groups is 1. The fraction of sp³-hybridized carbons (Fsp3) is 0.391. The third-order valence-corrected chi connectivity index (χ3v) is 4.71. The van der Waals surface area contributed by atoms with Crippen molar-refractivity contribution in [1.82, 2.24) is 0 Å². The Morgan fingerprint density at radius 2 is 1.86 bits per heavy atom. The van der Waals surface area contributed by atoms with E-state index >= 15 is 0 Å². The number of ether oxygens (including phenoxy) is 1. The highest BCUT2D eigenvalue weighted by Crippen LogP contribution is 2.36. The summed E-state index contributed by atoms with van der Waals surface area (Å²) >= 11 is 0. The van der Waals surface area contributed by atoms with Crippen molar-refractivity contribution in [3.63, 3.8) is 0 Å². The summed E-state index contributed by atoms with van der Waals surface area (Å²) in [7, 11) is 0. The lowest BCUT2D eigenvalue weighted by atomic mass is 9.92. The number of carbonyl (C=O) groups excluding carboxylic acids is 1. The molecule has 1 aliphatic rings. The van der Waals surface area contributed by atoms with Crippen LogP contribution in [-0.4, -0.2) is 22.8 Å². The topological polar surface area (TPSA) is 41.3 Å². The molecule has 0 saturated heterocycles. The Morgan fingerprint density at radius 3 is 2.50 bits per heavy atom. The molecular weight excluding hydrogens is 355 g/mol. The van der Waals surface area contributed by atoms with E-state index < -0.39 is 0 Å². The summed E-state index contributed by atoms with van der Waals surface area (Å²) in [5.74, 6) is 0.500. The summed E-state index contributed by atoms with van der Waals surface area (Å²) in [4.78, 5) is 12.3. The quantitative estimate of drug-likeness (QED) is 0.737. The number of nitrogens with one attached hydrogen (secondary N) is 1. The van der Waals surface area contributed by atoms with Gasteiger partial charge in [0.25, 0.3) is 0 Å². The predicted octanol–water partition coefficient (Wildman–Crippen LogP) is 5.21. The minimum Gasteiger partial charge on any atom is -0.476 e. The van der Waals surface area contributed by atoms with E-state index in [1.54, 1.807) is 12.1 Å². The molecule has 148 valence electrons. The first-order chi connectivity index (χ1) is 13.1. The van der Waals surface area contributed by atoms with Crippen LogP contribution in [0, 0.1) is 18.2 Å². The van der Waals surface area contributed by atoms with Crippen LogP contribution in [0.25, 0.3) is 0 Å². The second kappa shape index (κ2) is 7.74. The monoisotopic (exact) mass is 383 g/mol. The molecule has 1 N–H and O–H groups in total. The van der Waals surface area contributed by atoms with Gasteiger partial charge in [0.05, 0.1) is 0 Å². The van der Waals surface area contributed by atoms with Gasteiger partial charge in [-0.05, 0) is 42.2 Å². The summed E-state index contributed by atoms with van der Waals surface area (Å²) in [6, 6.07) is 10.5. The lowest BCUT2D eigenvalue weighted by Gasteiger charge is -2.21. The molecule has 0 fully saturated rings. The first-order valence-electron chi connectivity index (χ1n) is 9.54. The minimum atomic E-state index is -0.238. The Hall–Kier alpha value is -2.69. The molecule has 0 radical (unpaired) electrons. The molecule has 28 heavy (non-hydrogen) atoms. The molecule has 0 saturated carbocycles. The summed E-state index contributed by atoms with van der Waals surface area (Å²) in [6.45, 7) is 11.3. The van der Waals surface area contributed by atoms with Gasteiger partial charge in [0.2, 0.25) is 11.6 Å². The first-order valence-corrected chi connectivity index (χ1v) is 9.54. The van der Waals surface area contributed by atoms with Crippen molar-refractivity contribution < 1.29 is 18.5 Å². The highest BCUT2D eigenvalue weighted by Gasteiger charge is 2.27. The second-order valence-corrected chi connectivity index (χ2v) is 8.66. The average molecular weight is 383 g/mol. The number of halogens is 1. The number of hydrogen-bond donors (Lipinski definition) is 1. The number of amides is 1. The molecule has 1 amide bonds. The van der Waals surface area contributed by atoms with Gasteiger partial charge in [0, 0.05) is 36.7 Å². The van der Waals surface area contributed by atoms with Crippen LogP contribution in [-0.2, 0) is 11.3 Å². The number of anilines is 1. The Morgan fingerprint density at radius 1 is 1.18 bits per heavy atom. The van der Waals surface area contributed by atoms with Crippen molar-refractivity contribution in [2.24, 2.45) is 5.41 Å². The van der Waals surface area contributed by atoms with Crippen molar-refractivity contribution in [3.8, 4) is 5.75 Å². The second-order valence-electron chi connectivity index (χ2n) is 8.66. The fourth-order valence-electron chi connectivity index (χ4n) is 3.27. The molecule has 2 aromatic rings. The highest BCUT2D eigenvalue weighted by molar-refractivity contribution is 5.92. The molecule has 0 unspecified atom stereocenters. The molecular formula is C23H28FN2O2+. The third-order valence-electron chi connectivity index (χ3n) is 4.71. The number of aryl methyl sites for hydroxylation is 1. The summed E-state index contributed by atoms with van der Waals surface area (Å²) in [5, 5.41) is 3.01. The van der Waals surface area contributed by atoms with E-state index in [0.29, 0.717) is 19.6 Å². The summed E-state index contributed by atoms with van der Waals surface area (Å²) < 4.78 is 21.3. The Bertz CT molecular complexity index is 925. The van der Waals surface area contributed by atoms with Gasteiger partial charge in [0.1, 0.15) is 5.82 Å². The maximum absolute atomic E-state index is 13.2. The zero-order chi connectivity index (χ0) is 20.5. The minimum absolute atomic E-state index is 0.00253. The van der Waals surface area contributed by atoms with Crippen LogP contribution in [0.1, 0.15) is 45.2 Å². The zero-order valence-corrected chi connectivity index (χ0v) is 17.2. The average Bonchev–Trinajstić information content (AvgIpc) is 2.59. The van der Waals surface area contributed by atoms with Crippen molar-refractivity contribution in [3.05, 3.63) is 53.3 Å². The van der Waals surface area contributed by atoms with E-state index in [4.69, 9.17) is 4.74 Å². The Kier molecular flexibility index (Phi) is 5.54. The van der Waals surface area contributed by atoms with Gasteiger partial charge in [-0.25, -0.2) is 4.39 Å². The predicted molar refractivity (Wildman–Crippen MR) is 110 cm³/mol. The number of nitrogens with zero attached hydrogens (tertiary/aromatic N) is 1. The molecule has 3 rings (SSSR count). The van der Waals surface area contributed by atoms with E-state index in [-0.39, 0.29) is 17.1 Å². The van der Waals surface area contributed by atoms with Crippen LogP contribution >= 0.6 is 0 Å². The Balaban J connectivity index is 1.87. The van der Waals surface area contributed by atoms with Gasteiger partial charge >= 0.3 is 0 Å². The molecule has 0 spiro atoms. The number of rotatable bonds is 4. The van der Waals surface area contributed by atoms with E-state index in [9.17, 15) is 9.18 Å². The maximum atomic E-state index is 13.2. The molecule has 0 aromatic heterocycles. The lowest BCUT2D eigenvalue weighted by molar-refractivity contribution is -0.464. The van der Waals surface area contributed by atoms with Crippen LogP contribution in [0.15, 0.2) is 36.4 Å². The van der Waals surface area contributed by atoms with Crippen molar-refractivity contribution in [1.29, 1.82) is 0 Å². The van der Waals surface area contributed by atoms with Gasteiger partial charge in [-0.3, -0.25) is 4.79 Å². The highest BCUT2D eigenvalue weighted by atomic mass is 19.1. The van der Waals surface area contributed by atoms with Crippen LogP contribution < -0.4 is 10.1 Å². The standard InChI is InChI=1S/C23H27FN2O2/c1-15-10-20-21(11-19(15)25-22(27)12-23(3,4)5)28-14-16(2)26(20)13-17-6-8-18(24)9-7-17/h6-11H,12-14H2,1-5H3/p+1. The van der Waals surface area contributed by atoms with Crippen LogP contribution in [0.2, 0.25) is 0 Å². The van der Waals surface area contributed by atoms with Crippen LogP contribution in [0.5, 0.6) is 5.75 Å². The van der Waals surface area contributed by atoms with Gasteiger partial charge < -0.3 is 10.1 Å². The largest absolute Gasteiger partial charge is 0.476 e. The first kappa shape index (κ1) is 20.1. The van der Waals surface area contributed by atoms with E-state index in [0.717, 1.165) is 34.0 Å². The molecule has 0 aliphatic carbocycles. The smallest absolute Gasteiger partial charge is 0.248 e. The number of benzene rings is 2. The van der Waals surface area contributed by atoms with Gasteiger partial charge in [-0.2, -0.15) is 4.58 Å². The molecule has 0 atom stereocenters. The van der Waals surface area contributed by atoms with E-state index in [1.807, 2.05) is 46.8 Å². The van der Waals surface area contributed by atoms with Crippen LogP contribution in [0.4, 0.5) is 15.8 Å². The normalized spacial score (nSPS) is 13.8. The number of hydrogen-bond acceptors (Lipinski definition) is 2. The maximum Gasteiger partial charge on any atom is 0.248 e. The van der Waals surface area contributed by atoms with Gasteiger partial charge in [-0.1, -0.05) is 20.8 Å². The molecule has 5 heteroatoms. The van der Waals surface area contributed by atoms with Crippen molar-refractivity contribution in [2.75, 3.05) is 11.9 Å². The Labute approximate surface area is 166 Å². The van der Waals surface area contributed by atoms with Crippen molar-refractivity contribution in [2.45, 2.75) is 47.6 Å². The molecule has 0 bridgehead atoms. The van der Waals surface area contributed by atoms with E-state index in [1.165, 1.54) is 12.1 Å². The summed E-state index contributed by atoms with van der Waals surface area (Å²) in [6.07, 6.45) is 0.452. The summed E-state index contributed by atoms with van der Waals surface area (Å²) in [5.41, 5.74) is 4.74. The third kappa shape index (κ3) is 4.77. The molecule has 2 aromatic carbocycles. The SMILES string of the molecule is CC1=[N+](Cc2ccc(F)cc2)c2cc(C)c(NC(=O)CC(C)(C)C)cc2OC1. The fourth-order valence-corrected chi connectivity index (χ4v) is 3.27. The molecule has 1 aliphatic heterocycles. The van der Waals surface area contributed by atoms with E-state index in [2.05, 4.69) is 9.89 Å². The molecule has 4 nitrogen and oxygen atoms in total. The number of fused-ring (bicyclic) bond motifs is 1.